The molecule has 0 aliphatic carbocycles. The summed E-state index contributed by atoms with van der Waals surface area (Å²) in [7, 11) is 0. The maximum absolute atomic E-state index is 12.4. The number of pyridine rings is 1. The Bertz CT molecular complexity index is 1210. The highest BCUT2D eigenvalue weighted by atomic mass is 35.5. The first kappa shape index (κ1) is 18.7. The quantitative estimate of drug-likeness (QED) is 0.665. The van der Waals surface area contributed by atoms with Gasteiger partial charge in [0.05, 0.1) is 10.7 Å². The molecular formula is C22H14ClNO5. The van der Waals surface area contributed by atoms with Crippen LogP contribution in [0, 0.1) is 12.3 Å². The van der Waals surface area contributed by atoms with Gasteiger partial charge in [-0.1, -0.05) is 47.9 Å². The van der Waals surface area contributed by atoms with Crippen LogP contribution >= 0.6 is 11.6 Å². The van der Waals surface area contributed by atoms with E-state index in [0.29, 0.717) is 27.8 Å². The van der Waals surface area contributed by atoms with Gasteiger partial charge in [-0.15, -0.1) is 6.42 Å². The predicted molar refractivity (Wildman–Crippen MR) is 108 cm³/mol. The summed E-state index contributed by atoms with van der Waals surface area (Å²) in [5, 5.41) is 9.67. The number of halogens is 1. The van der Waals surface area contributed by atoms with Crippen LogP contribution in [0.4, 0.5) is 0 Å². The molecule has 0 amide bonds. The van der Waals surface area contributed by atoms with Crippen LogP contribution in [-0.4, -0.2) is 22.2 Å². The molecule has 1 unspecified atom stereocenters. The molecule has 0 spiro atoms. The van der Waals surface area contributed by atoms with E-state index in [1.807, 2.05) is 30.3 Å². The Balaban J connectivity index is 1.95. The molecule has 0 saturated heterocycles. The number of rotatable bonds is 4. The Morgan fingerprint density at radius 1 is 1.28 bits per heavy atom. The molecule has 7 heteroatoms. The second-order valence-corrected chi connectivity index (χ2v) is 6.71. The Kier molecular flexibility index (Phi) is 4.75. The minimum Gasteiger partial charge on any atom is -0.479 e. The van der Waals surface area contributed by atoms with Crippen LogP contribution in [0.5, 0.6) is 11.5 Å². The summed E-state index contributed by atoms with van der Waals surface area (Å²) in [6.45, 7) is 0.0403. The van der Waals surface area contributed by atoms with Crippen molar-refractivity contribution in [1.29, 1.82) is 0 Å². The van der Waals surface area contributed by atoms with Gasteiger partial charge in [0.15, 0.2) is 5.43 Å². The first-order valence-corrected chi connectivity index (χ1v) is 8.98. The van der Waals surface area contributed by atoms with Gasteiger partial charge >= 0.3 is 5.97 Å². The lowest BCUT2D eigenvalue weighted by Gasteiger charge is -2.32. The lowest BCUT2D eigenvalue weighted by Crippen LogP contribution is -2.27. The molecular weight excluding hydrogens is 394 g/mol. The zero-order chi connectivity index (χ0) is 20.5. The normalized spacial score (nSPS) is 14.1. The molecule has 1 aliphatic heterocycles. The van der Waals surface area contributed by atoms with Gasteiger partial charge in [0.2, 0.25) is 6.23 Å². The number of carboxylic acid groups (broad SMARTS) is 1. The molecule has 1 aromatic heterocycles. The van der Waals surface area contributed by atoms with Crippen LogP contribution in [0.25, 0.3) is 11.3 Å². The third-order valence-corrected chi connectivity index (χ3v) is 4.80. The number of terminal acetylenes is 1. The smallest absolute Gasteiger partial charge is 0.341 e. The summed E-state index contributed by atoms with van der Waals surface area (Å²) >= 11 is 6.31. The zero-order valence-corrected chi connectivity index (χ0v) is 15.7. The Hall–Kier alpha value is -3.69. The van der Waals surface area contributed by atoms with Crippen molar-refractivity contribution in [1.82, 2.24) is 4.57 Å². The van der Waals surface area contributed by atoms with E-state index in [0.717, 1.165) is 5.56 Å². The fourth-order valence-electron chi connectivity index (χ4n) is 3.21. The van der Waals surface area contributed by atoms with Gasteiger partial charge in [-0.25, -0.2) is 4.79 Å². The highest BCUT2D eigenvalue weighted by molar-refractivity contribution is 6.32. The molecule has 4 rings (SSSR count). The molecule has 6 nitrogen and oxygen atoms in total. The van der Waals surface area contributed by atoms with Crippen molar-refractivity contribution in [3.05, 3.63) is 81.1 Å². The molecule has 144 valence electrons. The highest BCUT2D eigenvalue weighted by Crippen LogP contribution is 2.44. The van der Waals surface area contributed by atoms with Gasteiger partial charge in [-0.05, 0) is 6.07 Å². The van der Waals surface area contributed by atoms with Crippen molar-refractivity contribution < 1.29 is 19.4 Å². The lowest BCUT2D eigenvalue weighted by molar-refractivity contribution is 0.0693. The average molecular weight is 408 g/mol. The minimum atomic E-state index is -1.31. The predicted octanol–water partition coefficient (Wildman–Crippen LogP) is 3.82. The number of aromatic nitrogens is 1. The number of carboxylic acids is 1. The molecule has 1 atom stereocenters. The summed E-state index contributed by atoms with van der Waals surface area (Å²) in [5.74, 6) is 1.87. The highest BCUT2D eigenvalue weighted by Gasteiger charge is 2.29. The maximum atomic E-state index is 12.4. The zero-order valence-electron chi connectivity index (χ0n) is 15.0. The molecule has 2 aromatic carbocycles. The van der Waals surface area contributed by atoms with Gasteiger partial charge in [0.1, 0.15) is 23.7 Å². The second-order valence-electron chi connectivity index (χ2n) is 6.30. The van der Waals surface area contributed by atoms with Crippen LogP contribution in [0.1, 0.15) is 22.1 Å². The van der Waals surface area contributed by atoms with Crippen LogP contribution < -0.4 is 14.9 Å². The van der Waals surface area contributed by atoms with E-state index in [4.69, 9.17) is 27.5 Å². The molecule has 1 N–H and O–H groups in total. The van der Waals surface area contributed by atoms with Crippen LogP contribution in [0.15, 0.2) is 59.5 Å². The van der Waals surface area contributed by atoms with Crippen LogP contribution in [-0.2, 0) is 0 Å². The van der Waals surface area contributed by atoms with E-state index in [1.165, 1.54) is 12.3 Å². The maximum Gasteiger partial charge on any atom is 0.341 e. The van der Waals surface area contributed by atoms with Gasteiger partial charge in [-0.3, -0.25) is 4.79 Å². The van der Waals surface area contributed by atoms with Crippen molar-refractivity contribution >= 4 is 17.6 Å². The molecule has 29 heavy (non-hydrogen) atoms. The summed E-state index contributed by atoms with van der Waals surface area (Å²) in [5.41, 5.74) is 0.860. The molecule has 0 bridgehead atoms. The van der Waals surface area contributed by atoms with Gasteiger partial charge in [0.25, 0.3) is 0 Å². The molecule has 2 heterocycles. The third-order valence-electron chi connectivity index (χ3n) is 4.51. The first-order chi connectivity index (χ1) is 14.0. The molecule has 0 saturated carbocycles. The van der Waals surface area contributed by atoms with E-state index in [1.54, 1.807) is 16.7 Å². The van der Waals surface area contributed by atoms with Crippen molar-refractivity contribution in [3.8, 4) is 35.1 Å². The summed E-state index contributed by atoms with van der Waals surface area (Å²) in [6.07, 6.45) is 5.85. The molecule has 0 radical (unpaired) electrons. The van der Waals surface area contributed by atoms with Crippen molar-refractivity contribution in [2.45, 2.75) is 6.23 Å². The average Bonchev–Trinajstić information content (AvgIpc) is 2.72. The van der Waals surface area contributed by atoms with E-state index in [9.17, 15) is 14.7 Å². The number of hydrogen-bond acceptors (Lipinski definition) is 4. The third kappa shape index (κ3) is 3.33. The SMILES string of the molecule is C#CCOc1cc2c(cc1Cl)-c1cc(=O)c(C(=O)O)cn1C(c1ccccc1)O2. The second kappa shape index (κ2) is 7.38. The number of hydrogen-bond donors (Lipinski definition) is 1. The van der Waals surface area contributed by atoms with Gasteiger partial charge in [-0.2, -0.15) is 0 Å². The molecule has 1 aliphatic rings. The van der Waals surface area contributed by atoms with Crippen molar-refractivity contribution in [3.63, 3.8) is 0 Å². The van der Waals surface area contributed by atoms with Crippen molar-refractivity contribution in [2.24, 2.45) is 0 Å². The summed E-state index contributed by atoms with van der Waals surface area (Å²) < 4.78 is 13.2. The first-order valence-electron chi connectivity index (χ1n) is 8.61. The Labute approximate surface area is 170 Å². The largest absolute Gasteiger partial charge is 0.479 e. The van der Waals surface area contributed by atoms with Gasteiger partial charge < -0.3 is 19.1 Å². The van der Waals surface area contributed by atoms with E-state index in [-0.39, 0.29) is 12.2 Å². The number of ether oxygens (including phenoxy) is 2. The van der Waals surface area contributed by atoms with Crippen LogP contribution in [0.2, 0.25) is 5.02 Å². The fraction of sp³-hybridized carbons (Fsp3) is 0.0909. The topological polar surface area (TPSA) is 77.8 Å². The minimum absolute atomic E-state index is 0.0403. The Morgan fingerprint density at radius 2 is 2.03 bits per heavy atom. The van der Waals surface area contributed by atoms with Crippen LogP contribution in [0.3, 0.4) is 0 Å². The molecule has 3 aromatic rings. The number of fused-ring (bicyclic) bond motifs is 3. The number of nitrogens with zero attached hydrogens (tertiary/aromatic N) is 1. The monoisotopic (exact) mass is 407 g/mol. The number of carbonyl (C=O) groups is 1. The fourth-order valence-corrected chi connectivity index (χ4v) is 3.42. The summed E-state index contributed by atoms with van der Waals surface area (Å²) in [4.78, 5) is 23.9. The Morgan fingerprint density at radius 3 is 2.72 bits per heavy atom. The molecule has 0 fully saturated rings. The van der Waals surface area contributed by atoms with Gasteiger partial charge in [0, 0.05) is 29.5 Å². The van der Waals surface area contributed by atoms with E-state index >= 15 is 0 Å². The number of benzene rings is 2. The standard InChI is InChI=1S/C22H14ClNO5/c1-2-8-28-20-11-19-14(9-16(20)23)17-10-18(25)15(22(26)27)12-24(17)21(29-19)13-6-4-3-5-7-13/h1,3-7,9-12,21H,8H2,(H,26,27). The van der Waals surface area contributed by atoms with E-state index in [2.05, 4.69) is 5.92 Å². The lowest BCUT2D eigenvalue weighted by atomic mass is 10.0. The van der Waals surface area contributed by atoms with Crippen molar-refractivity contribution in [2.75, 3.05) is 6.61 Å². The van der Waals surface area contributed by atoms with E-state index < -0.39 is 17.6 Å². The number of aromatic carboxylic acids is 1. The summed E-state index contributed by atoms with van der Waals surface area (Å²) in [6, 6.07) is 13.8.